The van der Waals surface area contributed by atoms with Gasteiger partial charge in [0.25, 0.3) is 0 Å². The van der Waals surface area contributed by atoms with E-state index in [1.807, 2.05) is 19.1 Å². The second kappa shape index (κ2) is 3.72. The van der Waals surface area contributed by atoms with Crippen molar-refractivity contribution in [1.82, 2.24) is 15.0 Å². The average Bonchev–Trinajstić information content (AvgIpc) is 2.18. The van der Waals surface area contributed by atoms with Gasteiger partial charge in [0.15, 0.2) is 0 Å². The van der Waals surface area contributed by atoms with Gasteiger partial charge in [-0.15, -0.1) is 0 Å². The molecule has 0 saturated heterocycles. The maximum absolute atomic E-state index is 5.77. The van der Waals surface area contributed by atoms with Gasteiger partial charge < -0.3 is 0 Å². The highest BCUT2D eigenvalue weighted by atomic mass is 35.5. The van der Waals surface area contributed by atoms with Crippen LogP contribution in [0.5, 0.6) is 0 Å². The quantitative estimate of drug-likeness (QED) is 0.672. The minimum absolute atomic E-state index is 0.449. The van der Waals surface area contributed by atoms with Gasteiger partial charge in [0.2, 0.25) is 0 Å². The largest absolute Gasteiger partial charge is 0.262 e. The maximum Gasteiger partial charge on any atom is 0.133 e. The Kier molecular flexibility index (Phi) is 2.41. The van der Waals surface area contributed by atoms with Crippen molar-refractivity contribution in [1.29, 1.82) is 0 Å². The Morgan fingerprint density at radius 2 is 2.00 bits per heavy atom. The summed E-state index contributed by atoms with van der Waals surface area (Å²) in [4.78, 5) is 12.1. The number of aromatic nitrogens is 3. The van der Waals surface area contributed by atoms with Gasteiger partial charge in [-0.25, -0.2) is 9.97 Å². The molecule has 2 heterocycles. The summed E-state index contributed by atoms with van der Waals surface area (Å²) in [7, 11) is 0. The molecular weight excluding hydrogens is 198 g/mol. The molecule has 4 heteroatoms. The molecule has 2 aromatic rings. The van der Waals surface area contributed by atoms with Crippen LogP contribution in [0.2, 0.25) is 5.15 Å². The second-order valence-electron chi connectivity index (χ2n) is 2.91. The molecule has 0 fully saturated rings. The Morgan fingerprint density at radius 1 is 1.14 bits per heavy atom. The minimum Gasteiger partial charge on any atom is -0.262 e. The molecule has 70 valence electrons. The van der Waals surface area contributed by atoms with E-state index < -0.39 is 0 Å². The molecule has 3 nitrogen and oxygen atoms in total. The van der Waals surface area contributed by atoms with E-state index in [0.717, 1.165) is 17.0 Å². The van der Waals surface area contributed by atoms with Gasteiger partial charge in [0.1, 0.15) is 11.5 Å². The first-order chi connectivity index (χ1) is 6.75. The zero-order chi connectivity index (χ0) is 9.97. The number of aryl methyl sites for hydroxylation is 1. The second-order valence-corrected chi connectivity index (χ2v) is 3.30. The van der Waals surface area contributed by atoms with E-state index in [2.05, 4.69) is 15.0 Å². The molecular formula is C10H8ClN3. The summed E-state index contributed by atoms with van der Waals surface area (Å²) in [5.41, 5.74) is 2.77. The molecule has 0 amide bonds. The van der Waals surface area contributed by atoms with E-state index in [9.17, 15) is 0 Å². The predicted molar refractivity (Wildman–Crippen MR) is 55.0 cm³/mol. The van der Waals surface area contributed by atoms with Crippen LogP contribution in [0.3, 0.4) is 0 Å². The first-order valence-electron chi connectivity index (χ1n) is 4.16. The number of pyridine rings is 1. The molecule has 0 radical (unpaired) electrons. The summed E-state index contributed by atoms with van der Waals surface area (Å²) >= 11 is 5.77. The van der Waals surface area contributed by atoms with E-state index in [1.165, 1.54) is 6.33 Å². The number of rotatable bonds is 1. The normalized spacial score (nSPS) is 10.1. The van der Waals surface area contributed by atoms with Crippen LogP contribution in [-0.4, -0.2) is 15.0 Å². The minimum atomic E-state index is 0.449. The Labute approximate surface area is 86.8 Å². The Hall–Kier alpha value is -1.48. The third kappa shape index (κ3) is 1.88. The molecule has 0 bridgehead atoms. The monoisotopic (exact) mass is 205 g/mol. The highest BCUT2D eigenvalue weighted by molar-refractivity contribution is 6.29. The molecule has 14 heavy (non-hydrogen) atoms. The summed E-state index contributed by atoms with van der Waals surface area (Å²) < 4.78 is 0. The van der Waals surface area contributed by atoms with Gasteiger partial charge in [-0.2, -0.15) is 0 Å². The molecule has 0 aromatic carbocycles. The fourth-order valence-corrected chi connectivity index (χ4v) is 1.34. The molecule has 0 N–H and O–H groups in total. The van der Waals surface area contributed by atoms with Crippen molar-refractivity contribution < 1.29 is 0 Å². The standard InChI is InChI=1S/C10H8ClN3/c1-7-4-8(2-3-12-7)9-5-10(11)14-6-13-9/h2-6H,1H3. The summed E-state index contributed by atoms with van der Waals surface area (Å²) in [6, 6.07) is 5.58. The van der Waals surface area contributed by atoms with Crippen molar-refractivity contribution in [3.8, 4) is 11.3 Å². The lowest BCUT2D eigenvalue weighted by molar-refractivity contribution is 1.16. The Balaban J connectivity index is 2.49. The molecule has 0 aliphatic rings. The maximum atomic E-state index is 5.77. The fraction of sp³-hybridized carbons (Fsp3) is 0.100. The Bertz CT molecular complexity index is 413. The lowest BCUT2D eigenvalue weighted by Crippen LogP contribution is -1.87. The first-order valence-corrected chi connectivity index (χ1v) is 4.54. The Morgan fingerprint density at radius 3 is 2.71 bits per heavy atom. The van der Waals surface area contributed by atoms with E-state index in [1.54, 1.807) is 12.3 Å². The third-order valence-corrected chi connectivity index (χ3v) is 2.03. The molecule has 0 aliphatic heterocycles. The summed E-state index contributed by atoms with van der Waals surface area (Å²) in [5, 5.41) is 0.449. The highest BCUT2D eigenvalue weighted by Crippen LogP contribution is 2.18. The van der Waals surface area contributed by atoms with Crippen molar-refractivity contribution in [2.45, 2.75) is 6.92 Å². The van der Waals surface area contributed by atoms with Gasteiger partial charge in [-0.1, -0.05) is 11.6 Å². The van der Waals surface area contributed by atoms with Crippen LogP contribution in [0.15, 0.2) is 30.7 Å². The fourth-order valence-electron chi connectivity index (χ4n) is 1.20. The van der Waals surface area contributed by atoms with Crippen LogP contribution >= 0.6 is 11.6 Å². The number of hydrogen-bond donors (Lipinski definition) is 0. The third-order valence-electron chi connectivity index (χ3n) is 1.83. The first kappa shape index (κ1) is 9.09. The van der Waals surface area contributed by atoms with E-state index >= 15 is 0 Å². The van der Waals surface area contributed by atoms with E-state index in [0.29, 0.717) is 5.15 Å². The zero-order valence-corrected chi connectivity index (χ0v) is 8.36. The van der Waals surface area contributed by atoms with Crippen LogP contribution in [-0.2, 0) is 0 Å². The van der Waals surface area contributed by atoms with Crippen LogP contribution in [0, 0.1) is 6.92 Å². The SMILES string of the molecule is Cc1cc(-c2cc(Cl)ncn2)ccn1. The van der Waals surface area contributed by atoms with Gasteiger partial charge >= 0.3 is 0 Å². The lowest BCUT2D eigenvalue weighted by Gasteiger charge is -2.00. The molecule has 0 unspecified atom stereocenters. The summed E-state index contributed by atoms with van der Waals surface area (Å²) in [6.45, 7) is 1.94. The van der Waals surface area contributed by atoms with Crippen molar-refractivity contribution in [3.05, 3.63) is 41.6 Å². The van der Waals surface area contributed by atoms with E-state index in [4.69, 9.17) is 11.6 Å². The number of halogens is 1. The average molecular weight is 206 g/mol. The van der Waals surface area contributed by atoms with Crippen LogP contribution in [0.1, 0.15) is 5.69 Å². The van der Waals surface area contributed by atoms with Crippen molar-refractivity contribution in [3.63, 3.8) is 0 Å². The van der Waals surface area contributed by atoms with E-state index in [-0.39, 0.29) is 0 Å². The van der Waals surface area contributed by atoms with Gasteiger partial charge in [-0.3, -0.25) is 4.98 Å². The van der Waals surface area contributed by atoms with Crippen LogP contribution in [0.25, 0.3) is 11.3 Å². The summed E-state index contributed by atoms with van der Waals surface area (Å²) in [5.74, 6) is 0. The smallest absolute Gasteiger partial charge is 0.133 e. The van der Waals surface area contributed by atoms with Crippen LogP contribution in [0.4, 0.5) is 0 Å². The van der Waals surface area contributed by atoms with Crippen molar-refractivity contribution >= 4 is 11.6 Å². The van der Waals surface area contributed by atoms with Gasteiger partial charge in [-0.05, 0) is 19.1 Å². The highest BCUT2D eigenvalue weighted by Gasteiger charge is 2.00. The molecule has 0 aliphatic carbocycles. The van der Waals surface area contributed by atoms with Crippen molar-refractivity contribution in [2.75, 3.05) is 0 Å². The number of hydrogen-bond acceptors (Lipinski definition) is 3. The zero-order valence-electron chi connectivity index (χ0n) is 7.61. The molecule has 2 aromatic heterocycles. The molecule has 0 saturated carbocycles. The predicted octanol–water partition coefficient (Wildman–Crippen LogP) is 2.50. The summed E-state index contributed by atoms with van der Waals surface area (Å²) in [6.07, 6.45) is 3.20. The topological polar surface area (TPSA) is 38.7 Å². The van der Waals surface area contributed by atoms with Gasteiger partial charge in [0.05, 0.1) is 5.69 Å². The van der Waals surface area contributed by atoms with Crippen molar-refractivity contribution in [2.24, 2.45) is 0 Å². The number of nitrogens with zero attached hydrogens (tertiary/aromatic N) is 3. The molecule has 0 spiro atoms. The van der Waals surface area contributed by atoms with Crippen LogP contribution < -0.4 is 0 Å². The molecule has 2 rings (SSSR count). The van der Waals surface area contributed by atoms with Gasteiger partial charge in [0, 0.05) is 23.5 Å². The lowest BCUT2D eigenvalue weighted by atomic mass is 10.2. The molecule has 0 atom stereocenters.